The first-order valence-corrected chi connectivity index (χ1v) is 14.7. The monoisotopic (exact) mass is 573 g/mol. The smallest absolute Gasteiger partial charge is 0.308 e. The maximum Gasteiger partial charge on any atom is 0.308 e. The van der Waals surface area contributed by atoms with Gasteiger partial charge < -0.3 is 30.1 Å². The standard InChI is InChI=1S/C32H47NO8/c1-4-5-8-11-25(36)15-16-27-26(28(37)21-29(27)38)12-9-6-7-10-13-32(39)33-19-18-24-14-17-30(40-22(2)34)31(20-24)41-23(3)35/h6,9,14-17,20,25-29,36-38H,4-5,7-8,10-13,18-19,21H2,1-3H3,(H,33,39)/b9-6-,16-15+/t25-,26+,27+,28-,29+/m0/s1. The van der Waals surface area contributed by atoms with Crippen LogP contribution in [0.4, 0.5) is 0 Å². The Morgan fingerprint density at radius 1 is 1.02 bits per heavy atom. The second-order valence-electron chi connectivity index (χ2n) is 10.7. The van der Waals surface area contributed by atoms with Gasteiger partial charge in [0.05, 0.1) is 18.3 Å². The van der Waals surface area contributed by atoms with Gasteiger partial charge in [-0.05, 0) is 55.7 Å². The number of rotatable bonds is 17. The maximum absolute atomic E-state index is 12.2. The molecular weight excluding hydrogens is 526 g/mol. The van der Waals surface area contributed by atoms with Crippen molar-refractivity contribution < 1.29 is 39.2 Å². The zero-order chi connectivity index (χ0) is 30.2. The Morgan fingerprint density at radius 3 is 2.46 bits per heavy atom. The fraction of sp³-hybridized carbons (Fsp3) is 0.594. The van der Waals surface area contributed by atoms with E-state index in [1.165, 1.54) is 13.8 Å². The van der Waals surface area contributed by atoms with Gasteiger partial charge in [0.15, 0.2) is 11.5 Å². The molecule has 1 aromatic rings. The predicted molar refractivity (Wildman–Crippen MR) is 156 cm³/mol. The highest BCUT2D eigenvalue weighted by atomic mass is 16.6. The first kappa shape index (κ1) is 34.2. The van der Waals surface area contributed by atoms with E-state index < -0.39 is 30.3 Å². The maximum atomic E-state index is 12.2. The molecule has 5 atom stereocenters. The fourth-order valence-electron chi connectivity index (χ4n) is 5.03. The van der Waals surface area contributed by atoms with Gasteiger partial charge in [0.2, 0.25) is 5.91 Å². The summed E-state index contributed by atoms with van der Waals surface area (Å²) >= 11 is 0. The number of benzene rings is 1. The minimum atomic E-state index is -0.619. The molecule has 0 saturated heterocycles. The molecule has 0 heterocycles. The summed E-state index contributed by atoms with van der Waals surface area (Å²) in [6.07, 6.45) is 13.0. The van der Waals surface area contributed by atoms with Crippen molar-refractivity contribution in [3.05, 3.63) is 48.1 Å². The molecule has 41 heavy (non-hydrogen) atoms. The molecule has 1 amide bonds. The number of carbonyl (C=O) groups excluding carboxylic acids is 3. The first-order valence-electron chi connectivity index (χ1n) is 14.7. The highest BCUT2D eigenvalue weighted by molar-refractivity contribution is 5.76. The van der Waals surface area contributed by atoms with Crippen LogP contribution in [0.5, 0.6) is 11.5 Å². The van der Waals surface area contributed by atoms with Crippen molar-refractivity contribution in [2.75, 3.05) is 6.54 Å². The summed E-state index contributed by atoms with van der Waals surface area (Å²) < 4.78 is 10.2. The third-order valence-corrected chi connectivity index (χ3v) is 7.18. The summed E-state index contributed by atoms with van der Waals surface area (Å²) in [5, 5.41) is 33.9. The summed E-state index contributed by atoms with van der Waals surface area (Å²) in [4.78, 5) is 34.9. The molecule has 0 spiro atoms. The minimum absolute atomic E-state index is 0.0628. The third-order valence-electron chi connectivity index (χ3n) is 7.18. The number of carbonyl (C=O) groups is 3. The molecule has 0 unspecified atom stereocenters. The summed E-state index contributed by atoms with van der Waals surface area (Å²) in [5.41, 5.74) is 0.818. The van der Waals surface area contributed by atoms with Gasteiger partial charge in [0.1, 0.15) is 0 Å². The van der Waals surface area contributed by atoms with Crippen molar-refractivity contribution in [3.8, 4) is 11.5 Å². The number of hydrogen-bond donors (Lipinski definition) is 4. The van der Waals surface area contributed by atoms with Crippen LogP contribution in [0.3, 0.4) is 0 Å². The highest BCUT2D eigenvalue weighted by Crippen LogP contribution is 2.36. The number of allylic oxidation sites excluding steroid dienone is 2. The second-order valence-corrected chi connectivity index (χ2v) is 10.7. The van der Waals surface area contributed by atoms with E-state index in [-0.39, 0.29) is 29.2 Å². The molecule has 9 nitrogen and oxygen atoms in total. The van der Waals surface area contributed by atoms with Crippen molar-refractivity contribution in [1.82, 2.24) is 5.32 Å². The van der Waals surface area contributed by atoms with Crippen molar-refractivity contribution in [2.45, 2.75) is 103 Å². The highest BCUT2D eigenvalue weighted by Gasteiger charge is 2.39. The van der Waals surface area contributed by atoms with Crippen LogP contribution in [0.1, 0.15) is 84.1 Å². The lowest BCUT2D eigenvalue weighted by Gasteiger charge is -2.19. The predicted octanol–water partition coefficient (Wildman–Crippen LogP) is 4.17. The average molecular weight is 574 g/mol. The van der Waals surface area contributed by atoms with E-state index in [2.05, 4.69) is 12.2 Å². The zero-order valence-corrected chi connectivity index (χ0v) is 24.6. The van der Waals surface area contributed by atoms with Gasteiger partial charge in [-0.2, -0.15) is 0 Å². The minimum Gasteiger partial charge on any atom is -0.423 e. The Balaban J connectivity index is 1.71. The van der Waals surface area contributed by atoms with E-state index in [9.17, 15) is 29.7 Å². The van der Waals surface area contributed by atoms with Gasteiger partial charge in [0, 0.05) is 39.2 Å². The van der Waals surface area contributed by atoms with Crippen molar-refractivity contribution in [1.29, 1.82) is 0 Å². The molecule has 1 aromatic carbocycles. The molecule has 1 fully saturated rings. The van der Waals surface area contributed by atoms with Gasteiger partial charge in [-0.1, -0.05) is 56.6 Å². The first-order chi connectivity index (χ1) is 19.6. The van der Waals surface area contributed by atoms with E-state index in [1.54, 1.807) is 24.3 Å². The fourth-order valence-corrected chi connectivity index (χ4v) is 5.03. The quantitative estimate of drug-likeness (QED) is 0.0942. The Bertz CT molecular complexity index is 1040. The molecule has 1 saturated carbocycles. The Kier molecular flexibility index (Phi) is 15.4. The molecular formula is C32H47NO8. The van der Waals surface area contributed by atoms with Gasteiger partial charge in [-0.3, -0.25) is 14.4 Å². The van der Waals surface area contributed by atoms with Crippen LogP contribution in [0.15, 0.2) is 42.5 Å². The van der Waals surface area contributed by atoms with E-state index in [4.69, 9.17) is 9.47 Å². The molecule has 1 aliphatic carbocycles. The van der Waals surface area contributed by atoms with Gasteiger partial charge >= 0.3 is 11.9 Å². The molecule has 0 bridgehead atoms. The lowest BCUT2D eigenvalue weighted by atomic mass is 9.89. The summed E-state index contributed by atoms with van der Waals surface area (Å²) in [7, 11) is 0. The summed E-state index contributed by atoms with van der Waals surface area (Å²) in [6, 6.07) is 4.93. The topological polar surface area (TPSA) is 142 Å². The molecule has 0 aliphatic heterocycles. The molecule has 4 N–H and O–H groups in total. The number of nitrogens with one attached hydrogen (secondary N) is 1. The lowest BCUT2D eigenvalue weighted by Crippen LogP contribution is -2.25. The Morgan fingerprint density at radius 2 is 1.76 bits per heavy atom. The van der Waals surface area contributed by atoms with Gasteiger partial charge in [0.25, 0.3) is 0 Å². The number of aliphatic hydroxyl groups is 3. The normalized spacial score (nSPS) is 21.3. The van der Waals surface area contributed by atoms with Gasteiger partial charge in [-0.25, -0.2) is 0 Å². The Labute approximate surface area is 243 Å². The second kappa shape index (κ2) is 18.4. The van der Waals surface area contributed by atoms with Crippen LogP contribution in [0.2, 0.25) is 0 Å². The molecule has 1 aliphatic rings. The third kappa shape index (κ3) is 13.0. The van der Waals surface area contributed by atoms with Crippen LogP contribution >= 0.6 is 0 Å². The average Bonchev–Trinajstić information content (AvgIpc) is 3.17. The number of unbranched alkanes of at least 4 members (excludes halogenated alkanes) is 3. The summed E-state index contributed by atoms with van der Waals surface area (Å²) in [5.74, 6) is -1.08. The van der Waals surface area contributed by atoms with E-state index in [0.717, 1.165) is 31.2 Å². The van der Waals surface area contributed by atoms with Crippen LogP contribution < -0.4 is 14.8 Å². The van der Waals surface area contributed by atoms with E-state index in [0.29, 0.717) is 45.1 Å². The SMILES string of the molecule is CCCCC[C@H](O)/C=C/[C@@H]1[C@@H](C/C=C\CCCC(=O)NCCc2ccc(OC(C)=O)c(OC(C)=O)c2)[C@@H](O)C[C@H]1O. The number of aliphatic hydroxyl groups excluding tert-OH is 3. The number of amides is 1. The van der Waals surface area contributed by atoms with Crippen LogP contribution in [-0.4, -0.2) is 58.0 Å². The molecule has 228 valence electrons. The van der Waals surface area contributed by atoms with E-state index >= 15 is 0 Å². The number of esters is 2. The zero-order valence-electron chi connectivity index (χ0n) is 24.6. The van der Waals surface area contributed by atoms with Crippen LogP contribution in [-0.2, 0) is 20.8 Å². The number of ether oxygens (including phenoxy) is 2. The number of hydrogen-bond acceptors (Lipinski definition) is 8. The molecule has 9 heteroatoms. The van der Waals surface area contributed by atoms with E-state index in [1.807, 2.05) is 18.2 Å². The van der Waals surface area contributed by atoms with Crippen molar-refractivity contribution in [2.24, 2.45) is 11.8 Å². The van der Waals surface area contributed by atoms with Crippen molar-refractivity contribution in [3.63, 3.8) is 0 Å². The van der Waals surface area contributed by atoms with Crippen LogP contribution in [0.25, 0.3) is 0 Å². The lowest BCUT2D eigenvalue weighted by molar-refractivity contribution is -0.134. The van der Waals surface area contributed by atoms with Crippen molar-refractivity contribution >= 4 is 17.8 Å². The molecule has 0 aromatic heterocycles. The molecule has 2 rings (SSSR count). The van der Waals surface area contributed by atoms with Crippen LogP contribution in [0, 0.1) is 11.8 Å². The van der Waals surface area contributed by atoms with Gasteiger partial charge in [-0.15, -0.1) is 0 Å². The molecule has 0 radical (unpaired) electrons. The Hall–Kier alpha value is -3.01. The largest absolute Gasteiger partial charge is 0.423 e. The summed E-state index contributed by atoms with van der Waals surface area (Å²) in [6.45, 7) is 5.06.